The molecule has 1 rings (SSSR count). The van der Waals surface area contributed by atoms with Crippen molar-refractivity contribution in [2.45, 2.75) is 6.92 Å². The Morgan fingerprint density at radius 2 is 2.33 bits per heavy atom. The van der Waals surface area contributed by atoms with Crippen molar-refractivity contribution in [3.8, 4) is 0 Å². The predicted octanol–water partition coefficient (Wildman–Crippen LogP) is 1.11. The molecule has 1 heterocycles. The van der Waals surface area contributed by atoms with E-state index in [1.165, 1.54) is 6.07 Å². The smallest absolute Gasteiger partial charge is 0.241 e. The molecule has 1 aromatic heterocycles. The topological polar surface area (TPSA) is 45.2 Å². The lowest BCUT2D eigenvalue weighted by molar-refractivity contribution is -0.127. The van der Waals surface area contributed by atoms with Gasteiger partial charge in [-0.05, 0) is 19.1 Å². The van der Waals surface area contributed by atoms with E-state index in [-0.39, 0.29) is 12.5 Å². The summed E-state index contributed by atoms with van der Waals surface area (Å²) in [4.78, 5) is 16.5. The summed E-state index contributed by atoms with van der Waals surface area (Å²) in [5.74, 6) is -0.243. The Labute approximate surface area is 88.1 Å². The van der Waals surface area contributed by atoms with E-state index in [0.717, 1.165) is 0 Å². The van der Waals surface area contributed by atoms with Crippen LogP contribution in [0.1, 0.15) is 6.92 Å². The van der Waals surface area contributed by atoms with Gasteiger partial charge in [-0.2, -0.15) is 4.39 Å². The molecule has 0 aromatic carbocycles. The van der Waals surface area contributed by atoms with Crippen LogP contribution in [0.15, 0.2) is 18.2 Å². The summed E-state index contributed by atoms with van der Waals surface area (Å²) in [7, 11) is 1.71. The van der Waals surface area contributed by atoms with Gasteiger partial charge < -0.3 is 10.2 Å². The SMILES string of the molecule is CCN(C)C(=O)CNc1cccc(F)n1. The van der Waals surface area contributed by atoms with Gasteiger partial charge in [0, 0.05) is 13.6 Å². The molecule has 0 fully saturated rings. The molecule has 0 bridgehead atoms. The summed E-state index contributed by atoms with van der Waals surface area (Å²) in [5, 5.41) is 2.76. The molecule has 0 spiro atoms. The highest BCUT2D eigenvalue weighted by Gasteiger charge is 2.06. The van der Waals surface area contributed by atoms with E-state index in [1.807, 2.05) is 6.92 Å². The minimum absolute atomic E-state index is 0.0523. The molecular formula is C10H14FN3O. The summed E-state index contributed by atoms with van der Waals surface area (Å²) in [6.07, 6.45) is 0. The predicted molar refractivity (Wildman–Crippen MR) is 56.0 cm³/mol. The molecular weight excluding hydrogens is 197 g/mol. The number of likely N-dealkylation sites (N-methyl/N-ethyl adjacent to an activating group) is 1. The molecule has 4 nitrogen and oxygen atoms in total. The standard InChI is InChI=1S/C10H14FN3O/c1-3-14(2)10(15)7-12-9-6-4-5-8(11)13-9/h4-6H,3,7H2,1-2H3,(H,12,13). The van der Waals surface area contributed by atoms with Gasteiger partial charge in [0.05, 0.1) is 6.54 Å². The van der Waals surface area contributed by atoms with E-state index < -0.39 is 5.95 Å². The van der Waals surface area contributed by atoms with Crippen molar-refractivity contribution in [1.29, 1.82) is 0 Å². The van der Waals surface area contributed by atoms with Crippen LogP contribution in [0.25, 0.3) is 0 Å². The number of rotatable bonds is 4. The first-order valence-corrected chi connectivity index (χ1v) is 4.74. The average Bonchev–Trinajstić information content (AvgIpc) is 2.25. The molecule has 0 aliphatic rings. The summed E-state index contributed by atoms with van der Waals surface area (Å²) in [6.45, 7) is 2.66. The summed E-state index contributed by atoms with van der Waals surface area (Å²) in [5.41, 5.74) is 0. The van der Waals surface area contributed by atoms with Crippen LogP contribution in [0.3, 0.4) is 0 Å². The number of anilines is 1. The fourth-order valence-corrected chi connectivity index (χ4v) is 0.984. The molecule has 15 heavy (non-hydrogen) atoms. The first-order chi connectivity index (χ1) is 7.13. The van der Waals surface area contributed by atoms with Crippen LogP contribution in [-0.2, 0) is 4.79 Å². The summed E-state index contributed by atoms with van der Waals surface area (Å²) in [6, 6.07) is 4.41. The molecule has 1 N–H and O–H groups in total. The Balaban J connectivity index is 2.47. The van der Waals surface area contributed by atoms with Gasteiger partial charge >= 0.3 is 0 Å². The van der Waals surface area contributed by atoms with Crippen LogP contribution in [0.5, 0.6) is 0 Å². The Kier molecular flexibility index (Phi) is 4.03. The number of hydrogen-bond donors (Lipinski definition) is 1. The Morgan fingerprint density at radius 3 is 2.93 bits per heavy atom. The normalized spacial score (nSPS) is 9.80. The van der Waals surface area contributed by atoms with E-state index in [1.54, 1.807) is 24.1 Å². The number of carbonyl (C=O) groups is 1. The number of amides is 1. The molecule has 0 saturated carbocycles. The number of aromatic nitrogens is 1. The third-order valence-corrected chi connectivity index (χ3v) is 2.04. The molecule has 0 atom stereocenters. The molecule has 1 aromatic rings. The van der Waals surface area contributed by atoms with Crippen molar-refractivity contribution < 1.29 is 9.18 Å². The maximum Gasteiger partial charge on any atom is 0.241 e. The molecule has 0 aliphatic heterocycles. The largest absolute Gasteiger partial charge is 0.361 e. The zero-order chi connectivity index (χ0) is 11.3. The van der Waals surface area contributed by atoms with E-state index in [0.29, 0.717) is 12.4 Å². The quantitative estimate of drug-likeness (QED) is 0.759. The molecule has 0 unspecified atom stereocenters. The van der Waals surface area contributed by atoms with Gasteiger partial charge in [0.25, 0.3) is 0 Å². The second kappa shape index (κ2) is 5.29. The van der Waals surface area contributed by atoms with Gasteiger partial charge in [-0.25, -0.2) is 4.98 Å². The van der Waals surface area contributed by atoms with Crippen LogP contribution in [-0.4, -0.2) is 35.9 Å². The molecule has 82 valence electrons. The molecule has 5 heteroatoms. The highest BCUT2D eigenvalue weighted by Crippen LogP contribution is 2.02. The number of nitrogens with zero attached hydrogens (tertiary/aromatic N) is 2. The minimum atomic E-state index is -0.559. The van der Waals surface area contributed by atoms with E-state index in [9.17, 15) is 9.18 Å². The van der Waals surface area contributed by atoms with E-state index in [4.69, 9.17) is 0 Å². The molecule has 0 saturated heterocycles. The van der Waals surface area contributed by atoms with Crippen molar-refractivity contribution in [3.63, 3.8) is 0 Å². The third-order valence-electron chi connectivity index (χ3n) is 2.04. The second-order valence-electron chi connectivity index (χ2n) is 3.11. The van der Waals surface area contributed by atoms with Gasteiger partial charge in [-0.1, -0.05) is 6.07 Å². The molecule has 1 amide bonds. The molecule has 0 radical (unpaired) electrons. The Bertz CT molecular complexity index is 343. The fourth-order valence-electron chi connectivity index (χ4n) is 0.984. The number of pyridine rings is 1. The highest BCUT2D eigenvalue weighted by atomic mass is 19.1. The zero-order valence-corrected chi connectivity index (χ0v) is 8.83. The van der Waals surface area contributed by atoms with Crippen molar-refractivity contribution in [2.75, 3.05) is 25.5 Å². The van der Waals surface area contributed by atoms with Crippen LogP contribution in [0, 0.1) is 5.95 Å². The number of halogens is 1. The maximum atomic E-state index is 12.7. The third kappa shape index (κ3) is 3.53. The van der Waals surface area contributed by atoms with Gasteiger partial charge in [0.1, 0.15) is 5.82 Å². The van der Waals surface area contributed by atoms with Crippen molar-refractivity contribution in [2.24, 2.45) is 0 Å². The zero-order valence-electron chi connectivity index (χ0n) is 8.83. The lowest BCUT2D eigenvalue weighted by Crippen LogP contribution is -2.32. The lowest BCUT2D eigenvalue weighted by atomic mass is 10.4. The van der Waals surface area contributed by atoms with Gasteiger partial charge in [-0.15, -0.1) is 0 Å². The van der Waals surface area contributed by atoms with Gasteiger partial charge in [0.15, 0.2) is 0 Å². The summed E-state index contributed by atoms with van der Waals surface area (Å²) >= 11 is 0. The maximum absolute atomic E-state index is 12.7. The fraction of sp³-hybridized carbons (Fsp3) is 0.400. The van der Waals surface area contributed by atoms with Crippen molar-refractivity contribution in [1.82, 2.24) is 9.88 Å². The van der Waals surface area contributed by atoms with E-state index >= 15 is 0 Å². The van der Waals surface area contributed by atoms with Crippen LogP contribution in [0.2, 0.25) is 0 Å². The van der Waals surface area contributed by atoms with Crippen molar-refractivity contribution >= 4 is 11.7 Å². The first-order valence-electron chi connectivity index (χ1n) is 4.74. The van der Waals surface area contributed by atoms with Crippen LogP contribution in [0.4, 0.5) is 10.2 Å². The van der Waals surface area contributed by atoms with Crippen LogP contribution < -0.4 is 5.32 Å². The number of nitrogens with one attached hydrogen (secondary N) is 1. The van der Waals surface area contributed by atoms with Gasteiger partial charge in [-0.3, -0.25) is 4.79 Å². The Morgan fingerprint density at radius 1 is 1.60 bits per heavy atom. The average molecular weight is 211 g/mol. The summed E-state index contributed by atoms with van der Waals surface area (Å²) < 4.78 is 12.7. The number of carbonyl (C=O) groups excluding carboxylic acids is 1. The van der Waals surface area contributed by atoms with Crippen LogP contribution >= 0.6 is 0 Å². The minimum Gasteiger partial charge on any atom is -0.361 e. The Hall–Kier alpha value is -1.65. The number of hydrogen-bond acceptors (Lipinski definition) is 3. The first kappa shape index (κ1) is 11.4. The van der Waals surface area contributed by atoms with Crippen molar-refractivity contribution in [3.05, 3.63) is 24.1 Å². The monoisotopic (exact) mass is 211 g/mol. The molecule has 0 aliphatic carbocycles. The van der Waals surface area contributed by atoms with Gasteiger partial charge in [0.2, 0.25) is 11.9 Å². The van der Waals surface area contributed by atoms with E-state index in [2.05, 4.69) is 10.3 Å². The lowest BCUT2D eigenvalue weighted by Gasteiger charge is -2.14. The second-order valence-corrected chi connectivity index (χ2v) is 3.11. The highest BCUT2D eigenvalue weighted by molar-refractivity contribution is 5.80.